The summed E-state index contributed by atoms with van der Waals surface area (Å²) in [4.78, 5) is 34.7. The monoisotopic (exact) mass is 442 g/mol. The molecule has 2 heterocycles. The van der Waals surface area contributed by atoms with E-state index < -0.39 is 4.92 Å². The smallest absolute Gasteiger partial charge is 0.269 e. The standard InChI is InChI=1S/C21H19ClN4O3S/c22-19-17(7-4-12-23-19)24-21-25(15-5-2-1-3-6-15)20(27)18(30-21)13-14-8-10-16(11-9-14)26(28)29/h4,7-13,15H,1-3,5-6H2/b18-13-,24-21?. The molecular weight excluding hydrogens is 424 g/mol. The topological polar surface area (TPSA) is 88.7 Å². The van der Waals surface area contributed by atoms with Gasteiger partial charge in [0.25, 0.3) is 11.6 Å². The summed E-state index contributed by atoms with van der Waals surface area (Å²) in [6, 6.07) is 9.76. The van der Waals surface area contributed by atoms with Gasteiger partial charge in [-0.15, -0.1) is 0 Å². The first-order valence-electron chi connectivity index (χ1n) is 9.70. The molecule has 1 saturated carbocycles. The Kier molecular flexibility index (Phi) is 6.15. The van der Waals surface area contributed by atoms with Crippen LogP contribution in [-0.2, 0) is 4.79 Å². The lowest BCUT2D eigenvalue weighted by Crippen LogP contribution is -2.40. The molecule has 0 unspecified atom stereocenters. The number of rotatable bonds is 4. The number of nitro benzene ring substituents is 1. The summed E-state index contributed by atoms with van der Waals surface area (Å²) >= 11 is 7.48. The molecule has 30 heavy (non-hydrogen) atoms. The maximum absolute atomic E-state index is 13.3. The van der Waals surface area contributed by atoms with Gasteiger partial charge in [-0.1, -0.05) is 30.9 Å². The van der Waals surface area contributed by atoms with E-state index in [0.717, 1.165) is 31.2 Å². The van der Waals surface area contributed by atoms with Crippen molar-refractivity contribution in [3.63, 3.8) is 0 Å². The van der Waals surface area contributed by atoms with Crippen LogP contribution < -0.4 is 0 Å². The van der Waals surface area contributed by atoms with Crippen LogP contribution in [0.4, 0.5) is 11.4 Å². The van der Waals surface area contributed by atoms with Gasteiger partial charge in [0.2, 0.25) is 0 Å². The number of amidine groups is 1. The second-order valence-corrected chi connectivity index (χ2v) is 8.50. The highest BCUT2D eigenvalue weighted by atomic mass is 35.5. The third-order valence-electron chi connectivity index (χ3n) is 5.13. The summed E-state index contributed by atoms with van der Waals surface area (Å²) in [7, 11) is 0. The van der Waals surface area contributed by atoms with E-state index in [4.69, 9.17) is 11.6 Å². The predicted octanol–water partition coefficient (Wildman–Crippen LogP) is 5.58. The number of amides is 1. The number of pyridine rings is 1. The van der Waals surface area contributed by atoms with Crippen LogP contribution in [-0.4, -0.2) is 31.9 Å². The number of nitrogens with zero attached hydrogens (tertiary/aromatic N) is 4. The van der Waals surface area contributed by atoms with Crippen LogP contribution in [0.2, 0.25) is 5.15 Å². The number of aliphatic imine (C=N–C) groups is 1. The van der Waals surface area contributed by atoms with Crippen molar-refractivity contribution in [2.45, 2.75) is 38.1 Å². The summed E-state index contributed by atoms with van der Waals surface area (Å²) in [5.74, 6) is -0.0935. The van der Waals surface area contributed by atoms with Crippen molar-refractivity contribution in [3.05, 3.63) is 68.3 Å². The van der Waals surface area contributed by atoms with E-state index in [-0.39, 0.29) is 22.8 Å². The molecule has 1 amide bonds. The van der Waals surface area contributed by atoms with E-state index >= 15 is 0 Å². The summed E-state index contributed by atoms with van der Waals surface area (Å²) in [5, 5.41) is 11.7. The van der Waals surface area contributed by atoms with E-state index in [1.165, 1.54) is 30.3 Å². The molecule has 0 radical (unpaired) electrons. The van der Waals surface area contributed by atoms with Crippen LogP contribution in [0, 0.1) is 10.1 Å². The van der Waals surface area contributed by atoms with E-state index in [1.807, 2.05) is 0 Å². The van der Waals surface area contributed by atoms with Gasteiger partial charge in [-0.3, -0.25) is 19.8 Å². The van der Waals surface area contributed by atoms with Crippen molar-refractivity contribution < 1.29 is 9.72 Å². The summed E-state index contributed by atoms with van der Waals surface area (Å²) < 4.78 is 0. The Morgan fingerprint density at radius 1 is 1.20 bits per heavy atom. The van der Waals surface area contributed by atoms with Crippen LogP contribution >= 0.6 is 23.4 Å². The molecular formula is C21H19ClN4O3S. The molecule has 1 saturated heterocycles. The Bertz CT molecular complexity index is 1030. The zero-order valence-corrected chi connectivity index (χ0v) is 17.6. The third kappa shape index (κ3) is 4.39. The number of carbonyl (C=O) groups is 1. The highest BCUT2D eigenvalue weighted by Crippen LogP contribution is 2.39. The molecule has 2 aromatic rings. The quantitative estimate of drug-likeness (QED) is 0.267. The van der Waals surface area contributed by atoms with Gasteiger partial charge in [0, 0.05) is 24.4 Å². The van der Waals surface area contributed by atoms with Crippen molar-refractivity contribution in [2.75, 3.05) is 0 Å². The number of hydrogen-bond acceptors (Lipinski definition) is 6. The Balaban J connectivity index is 1.69. The number of benzene rings is 1. The van der Waals surface area contributed by atoms with Gasteiger partial charge in [-0.2, -0.15) is 0 Å². The predicted molar refractivity (Wildman–Crippen MR) is 119 cm³/mol. The maximum Gasteiger partial charge on any atom is 0.269 e. The van der Waals surface area contributed by atoms with Gasteiger partial charge in [0.05, 0.1) is 9.83 Å². The molecule has 4 rings (SSSR count). The molecule has 2 fully saturated rings. The molecule has 0 atom stereocenters. The van der Waals surface area contributed by atoms with Crippen LogP contribution in [0.5, 0.6) is 0 Å². The summed E-state index contributed by atoms with van der Waals surface area (Å²) in [5.41, 5.74) is 1.26. The molecule has 0 bridgehead atoms. The zero-order chi connectivity index (χ0) is 21.1. The fourth-order valence-corrected chi connectivity index (χ4v) is 4.85. The van der Waals surface area contributed by atoms with Gasteiger partial charge in [-0.05, 0) is 60.5 Å². The van der Waals surface area contributed by atoms with Crippen molar-refractivity contribution in [1.29, 1.82) is 0 Å². The lowest BCUT2D eigenvalue weighted by atomic mass is 9.94. The Morgan fingerprint density at radius 2 is 1.93 bits per heavy atom. The lowest BCUT2D eigenvalue weighted by Gasteiger charge is -2.30. The number of aromatic nitrogens is 1. The molecule has 1 aliphatic heterocycles. The average molecular weight is 443 g/mol. The second kappa shape index (κ2) is 8.97. The minimum absolute atomic E-state index is 0.0138. The molecule has 7 nitrogen and oxygen atoms in total. The molecule has 0 spiro atoms. The van der Waals surface area contributed by atoms with Gasteiger partial charge >= 0.3 is 0 Å². The highest BCUT2D eigenvalue weighted by molar-refractivity contribution is 8.18. The Labute approximate surface area is 183 Å². The molecule has 2 aliphatic rings. The van der Waals surface area contributed by atoms with Crippen molar-refractivity contribution in [2.24, 2.45) is 4.99 Å². The minimum atomic E-state index is -0.445. The number of non-ortho nitro benzene ring substituents is 1. The molecule has 9 heteroatoms. The first-order valence-corrected chi connectivity index (χ1v) is 10.9. The highest BCUT2D eigenvalue weighted by Gasteiger charge is 2.38. The van der Waals surface area contributed by atoms with Crippen LogP contribution in [0.25, 0.3) is 6.08 Å². The van der Waals surface area contributed by atoms with Crippen LogP contribution in [0.3, 0.4) is 0 Å². The summed E-state index contributed by atoms with van der Waals surface area (Å²) in [6.45, 7) is 0. The number of carbonyl (C=O) groups excluding carboxylic acids is 1. The number of thioether (sulfide) groups is 1. The second-order valence-electron chi connectivity index (χ2n) is 7.13. The third-order valence-corrected chi connectivity index (χ3v) is 6.41. The maximum atomic E-state index is 13.3. The number of nitro groups is 1. The fourth-order valence-electron chi connectivity index (χ4n) is 3.63. The van der Waals surface area contributed by atoms with E-state index in [9.17, 15) is 14.9 Å². The van der Waals surface area contributed by atoms with E-state index in [0.29, 0.717) is 15.8 Å². The first-order chi connectivity index (χ1) is 14.5. The van der Waals surface area contributed by atoms with Gasteiger partial charge in [0.15, 0.2) is 10.3 Å². The number of halogens is 1. The van der Waals surface area contributed by atoms with Crippen molar-refractivity contribution in [3.8, 4) is 0 Å². The van der Waals surface area contributed by atoms with Gasteiger partial charge in [-0.25, -0.2) is 9.98 Å². The van der Waals surface area contributed by atoms with Crippen LogP contribution in [0.1, 0.15) is 37.7 Å². The summed E-state index contributed by atoms with van der Waals surface area (Å²) in [6.07, 6.45) is 8.58. The molecule has 1 aliphatic carbocycles. The minimum Gasteiger partial charge on any atom is -0.283 e. The Hall–Kier alpha value is -2.71. The largest absolute Gasteiger partial charge is 0.283 e. The van der Waals surface area contributed by atoms with Crippen LogP contribution in [0.15, 0.2) is 52.5 Å². The van der Waals surface area contributed by atoms with E-state index in [1.54, 1.807) is 41.4 Å². The average Bonchev–Trinajstić information content (AvgIpc) is 3.05. The van der Waals surface area contributed by atoms with Crippen molar-refractivity contribution >= 4 is 51.9 Å². The zero-order valence-electron chi connectivity index (χ0n) is 16.0. The SMILES string of the molecule is O=C1/C(=C/c2ccc([N+](=O)[O-])cc2)SC(=Nc2cccnc2Cl)N1C1CCCCC1. The number of hydrogen-bond donors (Lipinski definition) is 0. The fraction of sp³-hybridized carbons (Fsp3) is 0.286. The van der Waals surface area contributed by atoms with Crippen molar-refractivity contribution in [1.82, 2.24) is 9.88 Å². The van der Waals surface area contributed by atoms with Gasteiger partial charge in [0.1, 0.15) is 5.69 Å². The molecule has 1 aromatic heterocycles. The normalized spacial score (nSPS) is 20.3. The van der Waals surface area contributed by atoms with E-state index in [2.05, 4.69) is 9.98 Å². The molecule has 0 N–H and O–H groups in total. The first kappa shape index (κ1) is 20.6. The lowest BCUT2D eigenvalue weighted by molar-refractivity contribution is -0.384. The molecule has 154 valence electrons. The van der Waals surface area contributed by atoms with Gasteiger partial charge < -0.3 is 0 Å². The Morgan fingerprint density at radius 3 is 2.60 bits per heavy atom. The molecule has 1 aromatic carbocycles.